The van der Waals surface area contributed by atoms with Crippen molar-refractivity contribution in [3.05, 3.63) is 23.2 Å². The number of hydrogen-bond donors (Lipinski definition) is 2. The number of hydrogen-bond acceptors (Lipinski definition) is 5. The Hall–Kier alpha value is -1.82. The van der Waals surface area contributed by atoms with Crippen LogP contribution in [-0.2, 0) is 16.1 Å². The fourth-order valence-corrected chi connectivity index (χ4v) is 1.36. The Balaban J connectivity index is 2.61. The van der Waals surface area contributed by atoms with Gasteiger partial charge in [-0.05, 0) is 19.9 Å². The lowest BCUT2D eigenvalue weighted by Gasteiger charge is -2.09. The summed E-state index contributed by atoms with van der Waals surface area (Å²) in [6.07, 6.45) is 0. The van der Waals surface area contributed by atoms with Gasteiger partial charge < -0.3 is 14.3 Å². The predicted octanol–water partition coefficient (Wildman–Crippen LogP) is 0.937. The van der Waals surface area contributed by atoms with Crippen LogP contribution < -0.4 is 5.32 Å². The van der Waals surface area contributed by atoms with Crippen LogP contribution in [0.3, 0.4) is 0 Å². The Kier molecular flexibility index (Phi) is 4.28. The molecule has 1 unspecified atom stereocenters. The molecular formula is C11H15NO5. The van der Waals surface area contributed by atoms with Crippen molar-refractivity contribution in [2.24, 2.45) is 0 Å². The lowest BCUT2D eigenvalue weighted by atomic mass is 10.2. The van der Waals surface area contributed by atoms with Crippen LogP contribution in [0.1, 0.15) is 28.8 Å². The molecule has 0 bridgehead atoms. The average Bonchev–Trinajstić information content (AvgIpc) is 2.66. The summed E-state index contributed by atoms with van der Waals surface area (Å²) in [5, 5.41) is 11.7. The van der Waals surface area contributed by atoms with Gasteiger partial charge in [0.05, 0.1) is 13.7 Å². The zero-order valence-corrected chi connectivity index (χ0v) is 9.94. The van der Waals surface area contributed by atoms with Gasteiger partial charge >= 0.3 is 11.9 Å². The number of methoxy groups -OCH3 is 1. The summed E-state index contributed by atoms with van der Waals surface area (Å²) in [6.45, 7) is 3.50. The summed E-state index contributed by atoms with van der Waals surface area (Å²) in [6, 6.07) is 0.966. The molecule has 1 aromatic rings. The summed E-state index contributed by atoms with van der Waals surface area (Å²) in [5.41, 5.74) is 0.132. The number of aromatic carboxylic acids is 1. The molecule has 0 aliphatic heterocycles. The zero-order valence-electron chi connectivity index (χ0n) is 9.94. The van der Waals surface area contributed by atoms with E-state index in [-0.39, 0.29) is 18.1 Å². The van der Waals surface area contributed by atoms with Gasteiger partial charge in [0, 0.05) is 0 Å². The van der Waals surface area contributed by atoms with Crippen molar-refractivity contribution in [1.29, 1.82) is 0 Å². The number of carboxylic acids is 1. The fraction of sp³-hybridized carbons (Fsp3) is 0.455. The second-order valence-corrected chi connectivity index (χ2v) is 3.61. The number of esters is 1. The molecule has 0 spiro atoms. The highest BCUT2D eigenvalue weighted by molar-refractivity contribution is 5.88. The fourth-order valence-electron chi connectivity index (χ4n) is 1.36. The van der Waals surface area contributed by atoms with Gasteiger partial charge in [-0.2, -0.15) is 0 Å². The maximum absolute atomic E-state index is 11.1. The number of carboxylic acid groups (broad SMARTS) is 1. The summed E-state index contributed by atoms with van der Waals surface area (Å²) in [7, 11) is 1.31. The summed E-state index contributed by atoms with van der Waals surface area (Å²) in [4.78, 5) is 21.9. The van der Waals surface area contributed by atoms with Crippen LogP contribution >= 0.6 is 0 Å². The SMILES string of the molecule is COC(=O)C(C)NCc1cc(C(=O)O)c(C)o1. The predicted molar refractivity (Wildman–Crippen MR) is 58.7 cm³/mol. The molecule has 0 aromatic carbocycles. The molecule has 0 aliphatic carbocycles. The number of carbonyl (C=O) groups is 2. The smallest absolute Gasteiger partial charge is 0.339 e. The molecule has 1 atom stereocenters. The molecule has 6 nitrogen and oxygen atoms in total. The minimum absolute atomic E-state index is 0.132. The Bertz CT molecular complexity index is 423. The molecule has 2 N–H and O–H groups in total. The molecule has 0 aliphatic rings. The van der Waals surface area contributed by atoms with E-state index in [0.29, 0.717) is 11.5 Å². The van der Waals surface area contributed by atoms with Gasteiger partial charge in [-0.1, -0.05) is 0 Å². The van der Waals surface area contributed by atoms with Crippen LogP contribution in [-0.4, -0.2) is 30.2 Å². The maximum Gasteiger partial charge on any atom is 0.339 e. The van der Waals surface area contributed by atoms with E-state index in [0.717, 1.165) is 0 Å². The second kappa shape index (κ2) is 5.49. The molecule has 1 aromatic heterocycles. The molecule has 6 heteroatoms. The van der Waals surface area contributed by atoms with E-state index in [1.165, 1.54) is 13.2 Å². The number of rotatable bonds is 5. The van der Waals surface area contributed by atoms with Crippen molar-refractivity contribution in [2.75, 3.05) is 7.11 Å². The summed E-state index contributed by atoms with van der Waals surface area (Å²) < 4.78 is 9.79. The molecule has 1 rings (SSSR count). The van der Waals surface area contributed by atoms with Crippen molar-refractivity contribution in [2.45, 2.75) is 26.4 Å². The van der Waals surface area contributed by atoms with E-state index in [1.807, 2.05) is 0 Å². The molecule has 0 fully saturated rings. The van der Waals surface area contributed by atoms with Crippen molar-refractivity contribution < 1.29 is 23.8 Å². The van der Waals surface area contributed by atoms with Crippen molar-refractivity contribution >= 4 is 11.9 Å². The maximum atomic E-state index is 11.1. The summed E-state index contributed by atoms with van der Waals surface area (Å²) in [5.74, 6) is -0.596. The molecule has 17 heavy (non-hydrogen) atoms. The van der Waals surface area contributed by atoms with Crippen LogP contribution in [0.5, 0.6) is 0 Å². The van der Waals surface area contributed by atoms with Gasteiger partial charge in [-0.3, -0.25) is 10.1 Å². The largest absolute Gasteiger partial charge is 0.478 e. The highest BCUT2D eigenvalue weighted by Crippen LogP contribution is 2.14. The topological polar surface area (TPSA) is 88.8 Å². The molecule has 0 amide bonds. The number of nitrogens with one attached hydrogen (secondary N) is 1. The normalized spacial score (nSPS) is 12.2. The first kappa shape index (κ1) is 13.2. The average molecular weight is 241 g/mol. The summed E-state index contributed by atoms with van der Waals surface area (Å²) >= 11 is 0. The van der Waals surface area contributed by atoms with E-state index in [4.69, 9.17) is 9.52 Å². The Morgan fingerprint density at radius 2 is 2.24 bits per heavy atom. The van der Waals surface area contributed by atoms with Crippen LogP contribution in [0.2, 0.25) is 0 Å². The Morgan fingerprint density at radius 3 is 2.71 bits per heavy atom. The second-order valence-electron chi connectivity index (χ2n) is 3.61. The van der Waals surface area contributed by atoms with Gasteiger partial charge in [0.25, 0.3) is 0 Å². The van der Waals surface area contributed by atoms with Crippen LogP contribution in [0.25, 0.3) is 0 Å². The third-order valence-electron chi connectivity index (χ3n) is 2.34. The van der Waals surface area contributed by atoms with Gasteiger partial charge in [-0.25, -0.2) is 4.79 Å². The molecule has 94 valence electrons. The van der Waals surface area contributed by atoms with Crippen LogP contribution in [0.15, 0.2) is 10.5 Å². The standard InChI is InChI=1S/C11H15NO5/c1-6(11(15)16-3)12-5-8-4-9(10(13)14)7(2)17-8/h4,6,12H,5H2,1-3H3,(H,13,14). The monoisotopic (exact) mass is 241 g/mol. The van der Waals surface area contributed by atoms with Crippen LogP contribution in [0, 0.1) is 6.92 Å². The number of carbonyl (C=O) groups excluding carboxylic acids is 1. The minimum Gasteiger partial charge on any atom is -0.478 e. The first-order valence-corrected chi connectivity index (χ1v) is 5.09. The van der Waals surface area contributed by atoms with Crippen molar-refractivity contribution in [1.82, 2.24) is 5.32 Å². The lowest BCUT2D eigenvalue weighted by molar-refractivity contribution is -0.142. The van der Waals surface area contributed by atoms with Gasteiger partial charge in [0.15, 0.2) is 0 Å². The number of furan rings is 1. The lowest BCUT2D eigenvalue weighted by Crippen LogP contribution is -2.34. The van der Waals surface area contributed by atoms with E-state index in [2.05, 4.69) is 10.1 Å². The highest BCUT2D eigenvalue weighted by atomic mass is 16.5. The van der Waals surface area contributed by atoms with Crippen molar-refractivity contribution in [3.63, 3.8) is 0 Å². The molecule has 0 saturated carbocycles. The number of ether oxygens (including phenoxy) is 1. The Labute approximate surface area is 98.6 Å². The first-order chi connectivity index (χ1) is 7.95. The van der Waals surface area contributed by atoms with Crippen molar-refractivity contribution in [3.8, 4) is 0 Å². The van der Waals surface area contributed by atoms with Gasteiger partial charge in [-0.15, -0.1) is 0 Å². The van der Waals surface area contributed by atoms with E-state index < -0.39 is 12.0 Å². The highest BCUT2D eigenvalue weighted by Gasteiger charge is 2.16. The molecule has 0 saturated heterocycles. The number of aryl methyl sites for hydroxylation is 1. The third kappa shape index (κ3) is 3.32. The Morgan fingerprint density at radius 1 is 1.59 bits per heavy atom. The molecule has 1 heterocycles. The van der Waals surface area contributed by atoms with E-state index in [1.54, 1.807) is 13.8 Å². The quantitative estimate of drug-likeness (QED) is 0.746. The zero-order chi connectivity index (χ0) is 13.0. The van der Waals surface area contributed by atoms with E-state index in [9.17, 15) is 9.59 Å². The molecular weight excluding hydrogens is 226 g/mol. The van der Waals surface area contributed by atoms with Crippen LogP contribution in [0.4, 0.5) is 0 Å². The van der Waals surface area contributed by atoms with Gasteiger partial charge in [0.2, 0.25) is 0 Å². The third-order valence-corrected chi connectivity index (χ3v) is 2.34. The van der Waals surface area contributed by atoms with Gasteiger partial charge in [0.1, 0.15) is 23.1 Å². The van der Waals surface area contributed by atoms with E-state index >= 15 is 0 Å². The molecule has 0 radical (unpaired) electrons. The minimum atomic E-state index is -1.03. The first-order valence-electron chi connectivity index (χ1n) is 5.09.